The molecule has 0 fully saturated rings. The third-order valence-corrected chi connectivity index (χ3v) is 6.67. The zero-order valence-electron chi connectivity index (χ0n) is 16.5. The first-order valence-corrected chi connectivity index (χ1v) is 12.4. The maximum absolute atomic E-state index is 12.4. The van der Waals surface area contributed by atoms with Crippen LogP contribution in [0.15, 0.2) is 65.6 Å². The Kier molecular flexibility index (Phi) is 5.40. The van der Waals surface area contributed by atoms with E-state index in [0.29, 0.717) is 22.0 Å². The normalized spacial score (nSPS) is 16.2. The van der Waals surface area contributed by atoms with E-state index in [1.54, 1.807) is 25.5 Å². The number of nitrogens with two attached hydrogens (primary N) is 1. The second-order valence-corrected chi connectivity index (χ2v) is 10.0. The highest BCUT2D eigenvalue weighted by Crippen LogP contribution is 2.47. The van der Waals surface area contributed by atoms with E-state index in [1.165, 1.54) is 0 Å². The molecule has 2 atom stereocenters. The van der Waals surface area contributed by atoms with E-state index < -0.39 is 26.9 Å². The van der Waals surface area contributed by atoms with Gasteiger partial charge in [0.25, 0.3) is 0 Å². The molecule has 1 heterocycles. The fraction of sp³-hybridized carbons (Fsp3) is 0.182. The van der Waals surface area contributed by atoms with Crippen LogP contribution in [0.5, 0.6) is 11.5 Å². The SMILES string of the molecule is COc1cccc(C2Oc3cccc(S(C)=O)c3-c3ccc(CS(N)(=O)=O)cc32)c1. The lowest BCUT2D eigenvalue weighted by molar-refractivity contribution is 0.242. The molecule has 0 aliphatic carbocycles. The highest BCUT2D eigenvalue weighted by molar-refractivity contribution is 7.88. The fourth-order valence-corrected chi connectivity index (χ4v) is 5.15. The van der Waals surface area contributed by atoms with Crippen molar-refractivity contribution >= 4 is 20.8 Å². The van der Waals surface area contributed by atoms with E-state index in [-0.39, 0.29) is 5.75 Å². The zero-order chi connectivity index (χ0) is 21.5. The Morgan fingerprint density at radius 1 is 1.10 bits per heavy atom. The first kappa shape index (κ1) is 20.6. The molecular formula is C22H21NO5S2. The maximum atomic E-state index is 12.4. The summed E-state index contributed by atoms with van der Waals surface area (Å²) >= 11 is 0. The van der Waals surface area contributed by atoms with Gasteiger partial charge in [-0.3, -0.25) is 4.21 Å². The smallest absolute Gasteiger partial charge is 0.213 e. The molecule has 0 spiro atoms. The van der Waals surface area contributed by atoms with Crippen LogP contribution in [0.3, 0.4) is 0 Å². The molecule has 1 aliphatic heterocycles. The van der Waals surface area contributed by atoms with Gasteiger partial charge in [0.15, 0.2) is 0 Å². The number of benzene rings is 3. The molecule has 0 aromatic heterocycles. The summed E-state index contributed by atoms with van der Waals surface area (Å²) in [6.07, 6.45) is 1.14. The van der Waals surface area contributed by atoms with Gasteiger partial charge in [0.2, 0.25) is 10.0 Å². The second-order valence-electron chi connectivity index (χ2n) is 7.09. The number of methoxy groups -OCH3 is 1. The van der Waals surface area contributed by atoms with Gasteiger partial charge in [-0.1, -0.05) is 36.4 Å². The molecule has 2 N–H and O–H groups in total. The van der Waals surface area contributed by atoms with Crippen LogP contribution >= 0.6 is 0 Å². The molecule has 3 aromatic rings. The predicted molar refractivity (Wildman–Crippen MR) is 116 cm³/mol. The standard InChI is InChI=1S/C22H21NO5S2/c1-27-16-6-3-5-15(12-16)22-18-11-14(13-30(23,25)26)9-10-17(18)21-19(28-22)7-4-8-20(21)29(2)24/h3-12,22H,13H2,1-2H3,(H2,23,25,26). The van der Waals surface area contributed by atoms with Crippen molar-refractivity contribution in [1.29, 1.82) is 0 Å². The molecule has 156 valence electrons. The summed E-state index contributed by atoms with van der Waals surface area (Å²) in [4.78, 5) is 0.664. The quantitative estimate of drug-likeness (QED) is 0.652. The number of fused-ring (bicyclic) bond motifs is 3. The van der Waals surface area contributed by atoms with Crippen molar-refractivity contribution < 1.29 is 22.1 Å². The molecule has 1 aliphatic rings. The van der Waals surface area contributed by atoms with Gasteiger partial charge in [0, 0.05) is 22.9 Å². The average molecular weight is 444 g/mol. The van der Waals surface area contributed by atoms with Gasteiger partial charge >= 0.3 is 0 Å². The molecule has 4 rings (SSSR count). The number of hydrogen-bond donors (Lipinski definition) is 1. The topological polar surface area (TPSA) is 95.7 Å². The Hall–Kier alpha value is -2.68. The van der Waals surface area contributed by atoms with E-state index >= 15 is 0 Å². The van der Waals surface area contributed by atoms with E-state index in [9.17, 15) is 12.6 Å². The van der Waals surface area contributed by atoms with Crippen molar-refractivity contribution in [2.24, 2.45) is 5.14 Å². The van der Waals surface area contributed by atoms with Gasteiger partial charge in [-0.2, -0.15) is 0 Å². The lowest BCUT2D eigenvalue weighted by Gasteiger charge is -2.31. The van der Waals surface area contributed by atoms with Gasteiger partial charge in [-0.05, 0) is 35.4 Å². The van der Waals surface area contributed by atoms with E-state index in [1.807, 2.05) is 48.5 Å². The van der Waals surface area contributed by atoms with Crippen LogP contribution in [0, 0.1) is 0 Å². The summed E-state index contributed by atoms with van der Waals surface area (Å²) in [7, 11) is -3.32. The molecule has 3 aromatic carbocycles. The van der Waals surface area contributed by atoms with Crippen LogP contribution in [0.4, 0.5) is 0 Å². The van der Waals surface area contributed by atoms with Crippen molar-refractivity contribution in [3.8, 4) is 22.6 Å². The first-order chi connectivity index (χ1) is 14.3. The molecule has 0 saturated carbocycles. The van der Waals surface area contributed by atoms with Crippen LogP contribution < -0.4 is 14.6 Å². The second kappa shape index (κ2) is 7.86. The maximum Gasteiger partial charge on any atom is 0.213 e. The van der Waals surface area contributed by atoms with E-state index in [0.717, 1.165) is 22.3 Å². The Morgan fingerprint density at radius 3 is 2.57 bits per heavy atom. The van der Waals surface area contributed by atoms with Gasteiger partial charge in [0.05, 0.1) is 28.6 Å². The highest BCUT2D eigenvalue weighted by atomic mass is 32.2. The molecular weight excluding hydrogens is 422 g/mol. The molecule has 0 bridgehead atoms. The molecule has 30 heavy (non-hydrogen) atoms. The lowest BCUT2D eigenvalue weighted by Crippen LogP contribution is -2.18. The minimum atomic E-state index is -3.69. The molecule has 8 heteroatoms. The number of primary sulfonamides is 1. The Bertz CT molecular complexity index is 1250. The number of ether oxygens (including phenoxy) is 2. The van der Waals surface area contributed by atoms with Crippen molar-refractivity contribution in [1.82, 2.24) is 0 Å². The molecule has 2 unspecified atom stereocenters. The van der Waals surface area contributed by atoms with Gasteiger partial charge in [-0.25, -0.2) is 13.6 Å². The number of rotatable bonds is 5. The highest BCUT2D eigenvalue weighted by Gasteiger charge is 2.30. The Labute approximate surface area is 178 Å². The third kappa shape index (κ3) is 3.98. The Balaban J connectivity index is 1.95. The van der Waals surface area contributed by atoms with Crippen molar-refractivity contribution in [2.75, 3.05) is 13.4 Å². The summed E-state index contributed by atoms with van der Waals surface area (Å²) < 4.78 is 47.3. The summed E-state index contributed by atoms with van der Waals surface area (Å²) in [5, 5.41) is 5.25. The molecule has 0 amide bonds. The van der Waals surface area contributed by atoms with E-state index in [4.69, 9.17) is 14.6 Å². The van der Waals surface area contributed by atoms with Crippen LogP contribution in [0.2, 0.25) is 0 Å². The number of sulfonamides is 1. The van der Waals surface area contributed by atoms with Crippen molar-refractivity contribution in [2.45, 2.75) is 16.8 Å². The van der Waals surface area contributed by atoms with Crippen molar-refractivity contribution in [3.63, 3.8) is 0 Å². The predicted octanol–water partition coefficient (Wildman–Crippen LogP) is 3.37. The average Bonchev–Trinajstić information content (AvgIpc) is 2.71. The summed E-state index contributed by atoms with van der Waals surface area (Å²) in [5.74, 6) is 1.04. The Morgan fingerprint density at radius 2 is 1.87 bits per heavy atom. The summed E-state index contributed by atoms with van der Waals surface area (Å²) in [6.45, 7) is 0. The molecule has 0 saturated heterocycles. The molecule has 0 radical (unpaired) electrons. The minimum Gasteiger partial charge on any atom is -0.497 e. The van der Waals surface area contributed by atoms with Crippen LogP contribution in [-0.4, -0.2) is 26.0 Å². The number of hydrogen-bond acceptors (Lipinski definition) is 5. The van der Waals surface area contributed by atoms with E-state index in [2.05, 4.69) is 0 Å². The third-order valence-electron chi connectivity index (χ3n) is 4.97. The summed E-state index contributed by atoms with van der Waals surface area (Å²) in [5.41, 5.74) is 3.82. The minimum absolute atomic E-state index is 0.278. The monoisotopic (exact) mass is 443 g/mol. The van der Waals surface area contributed by atoms with Gasteiger partial charge < -0.3 is 9.47 Å². The van der Waals surface area contributed by atoms with Crippen LogP contribution in [0.25, 0.3) is 11.1 Å². The summed E-state index contributed by atoms with van der Waals surface area (Å²) in [6, 6.07) is 18.4. The first-order valence-electron chi connectivity index (χ1n) is 9.17. The van der Waals surface area contributed by atoms with Gasteiger partial charge in [-0.15, -0.1) is 0 Å². The lowest BCUT2D eigenvalue weighted by atomic mass is 9.88. The van der Waals surface area contributed by atoms with Crippen LogP contribution in [-0.2, 0) is 26.6 Å². The van der Waals surface area contributed by atoms with Gasteiger partial charge in [0.1, 0.15) is 17.6 Å². The largest absolute Gasteiger partial charge is 0.497 e. The van der Waals surface area contributed by atoms with Crippen LogP contribution in [0.1, 0.15) is 22.8 Å². The zero-order valence-corrected chi connectivity index (χ0v) is 18.1. The van der Waals surface area contributed by atoms with Crippen molar-refractivity contribution in [3.05, 3.63) is 77.4 Å². The fourth-order valence-electron chi connectivity index (χ4n) is 3.74. The molecule has 6 nitrogen and oxygen atoms in total.